The molecule has 6 nitrogen and oxygen atoms in total. The lowest BCUT2D eigenvalue weighted by Gasteiger charge is -2.31. The van der Waals surface area contributed by atoms with Crippen molar-refractivity contribution in [2.45, 2.75) is 57.7 Å². The van der Waals surface area contributed by atoms with Crippen LogP contribution in [-0.2, 0) is 9.59 Å². The van der Waals surface area contributed by atoms with E-state index in [2.05, 4.69) is 0 Å². The van der Waals surface area contributed by atoms with E-state index in [4.69, 9.17) is 9.47 Å². The molecule has 1 unspecified atom stereocenters. The van der Waals surface area contributed by atoms with Gasteiger partial charge in [0.05, 0.1) is 24.8 Å². The van der Waals surface area contributed by atoms with Gasteiger partial charge in [-0.15, -0.1) is 0 Å². The molecule has 1 saturated carbocycles. The summed E-state index contributed by atoms with van der Waals surface area (Å²) in [6.45, 7) is 3.87. The number of nitrogens with zero attached hydrogens (tertiary/aromatic N) is 1. The summed E-state index contributed by atoms with van der Waals surface area (Å²) in [4.78, 5) is 28.0. The number of hydrogen-bond acceptors (Lipinski definition) is 5. The first-order chi connectivity index (χ1) is 15.4. The van der Waals surface area contributed by atoms with Crippen LogP contribution >= 0.6 is 0 Å². The molecule has 2 aromatic carbocycles. The number of para-hydroxylation sites is 1. The minimum atomic E-state index is -0.694. The summed E-state index contributed by atoms with van der Waals surface area (Å²) >= 11 is 0. The van der Waals surface area contributed by atoms with Gasteiger partial charge in [-0.25, -0.2) is 0 Å². The highest BCUT2D eigenvalue weighted by Crippen LogP contribution is 2.45. The molecule has 2 aromatic rings. The molecule has 4 rings (SSSR count). The highest BCUT2D eigenvalue weighted by atomic mass is 16.5. The number of ether oxygens (including phenoxy) is 2. The van der Waals surface area contributed by atoms with Crippen LogP contribution in [-0.4, -0.2) is 41.0 Å². The second-order valence-corrected chi connectivity index (χ2v) is 8.58. The highest BCUT2D eigenvalue weighted by Gasteiger charge is 2.50. The number of carbonyl (C=O) groups excluding carboxylic acids is 2. The Morgan fingerprint density at radius 3 is 2.31 bits per heavy atom. The van der Waals surface area contributed by atoms with E-state index in [-0.39, 0.29) is 23.5 Å². The van der Waals surface area contributed by atoms with Gasteiger partial charge < -0.3 is 19.5 Å². The maximum atomic E-state index is 13.2. The summed E-state index contributed by atoms with van der Waals surface area (Å²) in [7, 11) is 1.56. The zero-order valence-corrected chi connectivity index (χ0v) is 18.7. The molecule has 1 aliphatic carbocycles. The topological polar surface area (TPSA) is 76.1 Å². The van der Waals surface area contributed by atoms with E-state index >= 15 is 0 Å². The molecule has 168 valence electrons. The summed E-state index contributed by atoms with van der Waals surface area (Å²) in [5.41, 5.74) is 1.26. The normalized spacial score (nSPS) is 20.9. The van der Waals surface area contributed by atoms with Crippen LogP contribution in [0.2, 0.25) is 0 Å². The zero-order chi connectivity index (χ0) is 22.8. The Morgan fingerprint density at radius 2 is 1.69 bits per heavy atom. The van der Waals surface area contributed by atoms with E-state index in [1.54, 1.807) is 36.3 Å². The Hall–Kier alpha value is -3.28. The van der Waals surface area contributed by atoms with Crippen molar-refractivity contribution in [3.8, 4) is 11.5 Å². The highest BCUT2D eigenvalue weighted by molar-refractivity contribution is 6.46. The molecule has 1 N–H and O–H groups in total. The fourth-order valence-electron chi connectivity index (χ4n) is 4.73. The Balaban J connectivity index is 1.84. The average Bonchev–Trinajstić information content (AvgIpc) is 3.40. The molecule has 0 aromatic heterocycles. The number of amides is 1. The molecule has 2 aliphatic rings. The van der Waals surface area contributed by atoms with Crippen LogP contribution in [0.3, 0.4) is 0 Å². The summed E-state index contributed by atoms with van der Waals surface area (Å²) in [5, 5.41) is 11.2. The lowest BCUT2D eigenvalue weighted by molar-refractivity contribution is -0.141. The third-order valence-corrected chi connectivity index (χ3v) is 6.13. The number of benzene rings is 2. The van der Waals surface area contributed by atoms with Crippen molar-refractivity contribution in [3.63, 3.8) is 0 Å². The second kappa shape index (κ2) is 9.07. The van der Waals surface area contributed by atoms with Gasteiger partial charge >= 0.3 is 0 Å². The molecular weight excluding hydrogens is 406 g/mol. The van der Waals surface area contributed by atoms with Gasteiger partial charge in [-0.1, -0.05) is 31.0 Å². The van der Waals surface area contributed by atoms with Crippen LogP contribution in [0.1, 0.15) is 56.7 Å². The second-order valence-electron chi connectivity index (χ2n) is 8.58. The van der Waals surface area contributed by atoms with E-state index in [9.17, 15) is 14.7 Å². The van der Waals surface area contributed by atoms with Gasteiger partial charge in [0.15, 0.2) is 0 Å². The lowest BCUT2D eigenvalue weighted by Crippen LogP contribution is -2.37. The van der Waals surface area contributed by atoms with Gasteiger partial charge in [0.2, 0.25) is 0 Å². The van der Waals surface area contributed by atoms with Crippen LogP contribution in [0.4, 0.5) is 0 Å². The molecule has 1 saturated heterocycles. The summed E-state index contributed by atoms with van der Waals surface area (Å²) in [6, 6.07) is 13.5. The first kappa shape index (κ1) is 21.9. The van der Waals surface area contributed by atoms with E-state index in [1.165, 1.54) is 0 Å². The number of ketones is 1. The lowest BCUT2D eigenvalue weighted by atomic mass is 9.94. The van der Waals surface area contributed by atoms with Gasteiger partial charge in [0.25, 0.3) is 11.7 Å². The molecule has 0 spiro atoms. The molecule has 0 bridgehead atoms. The Morgan fingerprint density at radius 1 is 1.03 bits per heavy atom. The molecule has 6 heteroatoms. The Labute approximate surface area is 188 Å². The number of hydrogen-bond donors (Lipinski definition) is 1. The molecule has 1 heterocycles. The maximum absolute atomic E-state index is 13.2. The van der Waals surface area contributed by atoms with E-state index in [0.717, 1.165) is 25.7 Å². The SMILES string of the molecule is COc1ccccc1C1/C(=C(/O)c2ccc(OC(C)C)cc2)C(=O)C(=O)N1C1CCCC1. The van der Waals surface area contributed by atoms with Crippen LogP contribution in [0.15, 0.2) is 54.1 Å². The van der Waals surface area contributed by atoms with Crippen molar-refractivity contribution in [3.05, 3.63) is 65.2 Å². The van der Waals surface area contributed by atoms with Crippen LogP contribution < -0.4 is 9.47 Å². The van der Waals surface area contributed by atoms with Crippen LogP contribution in [0.5, 0.6) is 11.5 Å². The molecule has 2 fully saturated rings. The quantitative estimate of drug-likeness (QED) is 0.399. The molecule has 32 heavy (non-hydrogen) atoms. The van der Waals surface area contributed by atoms with Gasteiger partial charge in [0.1, 0.15) is 17.3 Å². The summed E-state index contributed by atoms with van der Waals surface area (Å²) in [6.07, 6.45) is 3.75. The van der Waals surface area contributed by atoms with E-state index in [0.29, 0.717) is 22.6 Å². The molecule has 1 aliphatic heterocycles. The van der Waals surface area contributed by atoms with Crippen molar-refractivity contribution in [2.24, 2.45) is 0 Å². The van der Waals surface area contributed by atoms with E-state index in [1.807, 2.05) is 38.1 Å². The number of likely N-dealkylation sites (tertiary alicyclic amines) is 1. The van der Waals surface area contributed by atoms with Crippen molar-refractivity contribution < 1.29 is 24.2 Å². The predicted molar refractivity (Wildman–Crippen MR) is 122 cm³/mol. The van der Waals surface area contributed by atoms with Gasteiger partial charge in [-0.05, 0) is 57.0 Å². The fraction of sp³-hybridized carbons (Fsp3) is 0.385. The van der Waals surface area contributed by atoms with Crippen molar-refractivity contribution in [1.29, 1.82) is 0 Å². The largest absolute Gasteiger partial charge is 0.507 e. The minimum Gasteiger partial charge on any atom is -0.507 e. The predicted octanol–water partition coefficient (Wildman–Crippen LogP) is 4.85. The summed E-state index contributed by atoms with van der Waals surface area (Å²) < 4.78 is 11.2. The number of methoxy groups -OCH3 is 1. The van der Waals surface area contributed by atoms with Crippen molar-refractivity contribution in [2.75, 3.05) is 7.11 Å². The molecular formula is C26H29NO5. The standard InChI is InChI=1S/C26H29NO5/c1-16(2)32-19-14-12-17(13-15-19)24(28)22-23(20-10-6-7-11-21(20)31-3)27(26(30)25(22)29)18-8-4-5-9-18/h6-7,10-16,18,23,28H,4-5,8-9H2,1-3H3/b24-22-. The number of rotatable bonds is 6. The first-order valence-electron chi connectivity index (χ1n) is 11.1. The maximum Gasteiger partial charge on any atom is 0.295 e. The first-order valence-corrected chi connectivity index (χ1v) is 11.1. The minimum absolute atomic E-state index is 0.0247. The number of aliphatic hydroxyl groups excluding tert-OH is 1. The Bertz CT molecular complexity index is 1030. The number of Topliss-reactive ketones (excluding diaryl/α,β-unsaturated/α-hetero) is 1. The average molecular weight is 436 g/mol. The summed E-state index contributed by atoms with van der Waals surface area (Å²) in [5.74, 6) is -0.156. The number of aliphatic hydroxyl groups is 1. The van der Waals surface area contributed by atoms with Crippen LogP contribution in [0.25, 0.3) is 5.76 Å². The molecule has 0 radical (unpaired) electrons. The zero-order valence-electron chi connectivity index (χ0n) is 18.7. The third kappa shape index (κ3) is 3.97. The van der Waals surface area contributed by atoms with Gasteiger partial charge in [-0.2, -0.15) is 0 Å². The Kier molecular flexibility index (Phi) is 6.21. The van der Waals surface area contributed by atoms with Gasteiger partial charge in [0, 0.05) is 17.2 Å². The molecule has 1 atom stereocenters. The number of carbonyl (C=O) groups is 2. The fourth-order valence-corrected chi connectivity index (χ4v) is 4.73. The van der Waals surface area contributed by atoms with Gasteiger partial charge in [-0.3, -0.25) is 9.59 Å². The van der Waals surface area contributed by atoms with Crippen LogP contribution in [0, 0.1) is 0 Å². The monoisotopic (exact) mass is 435 g/mol. The van der Waals surface area contributed by atoms with E-state index < -0.39 is 17.7 Å². The third-order valence-electron chi connectivity index (χ3n) is 6.13. The smallest absolute Gasteiger partial charge is 0.295 e. The van der Waals surface area contributed by atoms with Crippen molar-refractivity contribution in [1.82, 2.24) is 4.90 Å². The van der Waals surface area contributed by atoms with Crippen molar-refractivity contribution >= 4 is 17.4 Å². The molecule has 1 amide bonds.